The third-order valence-electron chi connectivity index (χ3n) is 23.1. The first kappa shape index (κ1) is 109. The maximum atomic E-state index is 15.1. The van der Waals surface area contributed by atoms with Crippen molar-refractivity contribution in [2.24, 2.45) is 23.3 Å². The van der Waals surface area contributed by atoms with Crippen molar-refractivity contribution in [3.63, 3.8) is 0 Å². The SMILES string of the molecule is CC(=O)N[C@@H](CC(C)C)C(=O)N[C@H](C(=O)N[C@@H](Cc1ccccc1)C(=O)N[C@]1(C)CCCCCC/C=C\CCC[C@@](C)(C(=O)N[C@@H](CO)C(=O)CN[C@@H](C)C(=O)CCN[C@@H](C)C(=O)CN)NC(=O)[C@H](CCC(C)C)NN[C@@H](CCC(N)=O)C(=O)CC(=O)[C@H](C)NCC(=O)[C@H](Cc2c[nH]c3ccccc23)NC(=O)[C@H](Cc2ccc(O)cc2)NCC(=O)[C@H](C)NCC1=O)[C@@H](C)O. The molecule has 4 aromatic rings. The Morgan fingerprint density at radius 3 is 1.86 bits per heavy atom. The number of amides is 8. The zero-order chi connectivity index (χ0) is 95.7. The number of hydrogen-bond acceptors (Lipinski definition) is 27. The molecule has 0 unspecified atom stereocenters. The van der Waals surface area contributed by atoms with Crippen LogP contribution in [0.15, 0.2) is 97.2 Å². The van der Waals surface area contributed by atoms with Crippen molar-refractivity contribution in [3.05, 3.63) is 114 Å². The predicted octanol–water partition coefficient (Wildman–Crippen LogP) is 1.29. The molecule has 0 saturated carbocycles. The number of phenolic OH excluding ortho intramolecular Hbond substituents is 1. The van der Waals surface area contributed by atoms with E-state index in [-0.39, 0.29) is 113 Å². The van der Waals surface area contributed by atoms with E-state index in [4.69, 9.17) is 11.5 Å². The van der Waals surface area contributed by atoms with Gasteiger partial charge in [-0.25, -0.2) is 10.9 Å². The second-order valence-electron chi connectivity index (χ2n) is 35.1. The number of nitrogens with one attached hydrogen (secondary N) is 15. The van der Waals surface area contributed by atoms with Gasteiger partial charge < -0.3 is 90.3 Å². The van der Waals surface area contributed by atoms with Gasteiger partial charge in [-0.05, 0) is 166 Å². The molecule has 36 nitrogen and oxygen atoms in total. The van der Waals surface area contributed by atoms with Crippen LogP contribution >= 0.6 is 0 Å². The summed E-state index contributed by atoms with van der Waals surface area (Å²) in [7, 11) is 0. The van der Waals surface area contributed by atoms with Crippen molar-refractivity contribution in [1.82, 2.24) is 79.6 Å². The molecule has 2 heterocycles. The number of para-hydroxylation sites is 1. The lowest BCUT2D eigenvalue weighted by molar-refractivity contribution is -0.137. The monoisotopic (exact) mass is 1800 g/mol. The highest BCUT2D eigenvalue weighted by atomic mass is 16.3. The molecule has 8 amide bonds. The second-order valence-corrected chi connectivity index (χ2v) is 35.1. The van der Waals surface area contributed by atoms with E-state index in [1.807, 2.05) is 58.0 Å². The van der Waals surface area contributed by atoms with Crippen LogP contribution in [0.1, 0.15) is 203 Å². The number of hydrazine groups is 1. The highest BCUT2D eigenvalue weighted by molar-refractivity contribution is 6.04. The number of rotatable bonds is 36. The van der Waals surface area contributed by atoms with E-state index in [1.54, 1.807) is 61.7 Å². The number of phenols is 1. The Hall–Kier alpha value is -10.5. The van der Waals surface area contributed by atoms with Gasteiger partial charge in [0.25, 0.3) is 0 Å². The lowest BCUT2D eigenvalue weighted by Crippen LogP contribution is -2.64. The molecule has 0 bridgehead atoms. The minimum Gasteiger partial charge on any atom is -0.508 e. The number of benzene rings is 3. The summed E-state index contributed by atoms with van der Waals surface area (Å²) in [5.74, 6) is -10.7. The molecule has 5 rings (SSSR count). The maximum absolute atomic E-state index is 15.1. The number of Topliss-reactive ketones (excluding diaryl/α,β-unsaturated/α-hetero) is 8. The predicted molar refractivity (Wildman–Crippen MR) is 488 cm³/mol. The molecule has 0 radical (unpaired) electrons. The fourth-order valence-corrected chi connectivity index (χ4v) is 14.6. The Morgan fingerprint density at radius 2 is 1.21 bits per heavy atom. The van der Waals surface area contributed by atoms with E-state index in [0.717, 1.165) is 10.9 Å². The van der Waals surface area contributed by atoms with Crippen LogP contribution in [0.2, 0.25) is 0 Å². The van der Waals surface area contributed by atoms with Gasteiger partial charge in [-0.15, -0.1) is 0 Å². The van der Waals surface area contributed by atoms with Crippen molar-refractivity contribution in [2.45, 2.75) is 295 Å². The van der Waals surface area contributed by atoms with Gasteiger partial charge in [-0.2, -0.15) is 0 Å². The lowest BCUT2D eigenvalue weighted by atomic mass is 9.88. The Morgan fingerprint density at radius 1 is 0.574 bits per heavy atom. The summed E-state index contributed by atoms with van der Waals surface area (Å²) >= 11 is 0. The number of hydrogen-bond donors (Lipinski definition) is 20. The lowest BCUT2D eigenvalue weighted by Gasteiger charge is -2.33. The Kier molecular flexibility index (Phi) is 46.9. The van der Waals surface area contributed by atoms with E-state index in [1.165, 1.54) is 60.6 Å². The van der Waals surface area contributed by atoms with Gasteiger partial charge in [-0.1, -0.05) is 120 Å². The Balaban J connectivity index is 1.54. The summed E-state index contributed by atoms with van der Waals surface area (Å²) in [5, 5.41) is 66.7. The summed E-state index contributed by atoms with van der Waals surface area (Å²) in [5.41, 5.74) is 15.8. The maximum Gasteiger partial charge on any atom is 0.246 e. The van der Waals surface area contributed by atoms with Crippen LogP contribution in [0.4, 0.5) is 0 Å². The average molecular weight is 1800 g/mol. The van der Waals surface area contributed by atoms with Crippen LogP contribution in [-0.4, -0.2) is 249 Å². The molecule has 0 aliphatic carbocycles. The summed E-state index contributed by atoms with van der Waals surface area (Å²) in [6.07, 6.45) is 6.41. The molecular formula is C93H141N17O19. The minimum absolute atomic E-state index is 0.00723. The number of fused-ring (bicyclic) bond motifs is 1. The zero-order valence-corrected chi connectivity index (χ0v) is 76.8. The van der Waals surface area contributed by atoms with Crippen LogP contribution in [0.3, 0.4) is 0 Å². The number of primary amides is 1. The molecule has 1 aromatic heterocycles. The summed E-state index contributed by atoms with van der Waals surface area (Å²) in [6.45, 7) is 16.2. The largest absolute Gasteiger partial charge is 0.508 e. The number of aromatic amines is 1. The van der Waals surface area contributed by atoms with E-state index in [0.29, 0.717) is 61.6 Å². The summed E-state index contributed by atoms with van der Waals surface area (Å²) in [6, 6.07) is 7.37. The number of aromatic hydroxyl groups is 1. The van der Waals surface area contributed by atoms with Gasteiger partial charge in [-0.3, -0.25) is 82.0 Å². The average Bonchev–Trinajstić information content (AvgIpc) is 1.79. The van der Waals surface area contributed by atoms with Crippen LogP contribution < -0.4 is 86.1 Å². The molecule has 36 heteroatoms. The molecule has 0 fully saturated rings. The van der Waals surface area contributed by atoms with Crippen LogP contribution in [0.5, 0.6) is 5.75 Å². The van der Waals surface area contributed by atoms with Gasteiger partial charge in [0.2, 0.25) is 47.3 Å². The van der Waals surface area contributed by atoms with Crippen molar-refractivity contribution in [2.75, 3.05) is 45.9 Å². The molecule has 3 aromatic carbocycles. The molecule has 0 saturated heterocycles. The molecule has 1 aliphatic rings. The minimum atomic E-state index is -1.82. The number of carbonyl (C=O) groups is 16. The Bertz CT molecular complexity index is 4430. The molecule has 0 spiro atoms. The second kappa shape index (κ2) is 55.5. The van der Waals surface area contributed by atoms with E-state index in [9.17, 15) is 77.6 Å². The first-order chi connectivity index (χ1) is 61.1. The molecular weight excluding hydrogens is 1660 g/mol. The number of aromatic nitrogens is 1. The van der Waals surface area contributed by atoms with E-state index >= 15 is 14.4 Å². The van der Waals surface area contributed by atoms with Crippen molar-refractivity contribution < 1.29 is 92.0 Å². The number of nitrogens with two attached hydrogens (primary N) is 2. The van der Waals surface area contributed by atoms with E-state index in [2.05, 4.69) is 79.6 Å². The number of aliphatic hydroxyl groups is 2. The number of aliphatic hydroxyl groups excluding tert-OH is 2. The molecule has 712 valence electrons. The van der Waals surface area contributed by atoms with Gasteiger partial charge >= 0.3 is 0 Å². The third kappa shape index (κ3) is 38.2. The molecule has 129 heavy (non-hydrogen) atoms. The fraction of sp³-hybridized carbons (Fsp3) is 0.591. The quantitative estimate of drug-likeness (QED) is 0.0225. The van der Waals surface area contributed by atoms with E-state index < -0.39 is 211 Å². The van der Waals surface area contributed by atoms with Crippen LogP contribution in [-0.2, 0) is 96.0 Å². The fourth-order valence-electron chi connectivity index (χ4n) is 14.6. The first-order valence-electron chi connectivity index (χ1n) is 44.9. The number of allylic oxidation sites excluding steroid dienone is 2. The molecule has 22 N–H and O–H groups in total. The van der Waals surface area contributed by atoms with Crippen LogP contribution in [0, 0.1) is 11.8 Å². The summed E-state index contributed by atoms with van der Waals surface area (Å²) < 4.78 is 0. The number of carbonyl (C=O) groups excluding carboxylic acids is 16. The summed E-state index contributed by atoms with van der Waals surface area (Å²) in [4.78, 5) is 228. The number of H-pyrrole nitrogens is 1. The first-order valence-corrected chi connectivity index (χ1v) is 44.9. The standard InChI is InChI=1S/C93H141N17O19/c1-55(2)31-36-70-88(126)108-93(12,91(129)105-75(54-111)82(121)52-97-57(5)76(115)39-42-96-59(7)79(118)48-94)41-26-19-17-15-13-14-16-18-25-40-92(11,107-89(127)74(45-63-27-21-20-22-28-63)104-90(128)85(61(9)112)106-87(125)73(43-56(3)4)102-62(10)113)83(122)53-99-60(8)80(119)50-101-72(44-64-32-34-66(114)35-33-64)86(124)103-71(46-65-49-100-68-30-24-23-29-67(65)68)81(120)51-98-58(6)77(116)47-78(117)69(109-110-70)37-38-84(95)123/h15,17,20-24,27-30,32-35,49,55-61,69-75,85,96-101,109-112,114H,13-14,16,18-19,25-26,31,36-48,50-54,94H2,1-12H3,(H2,95,123)(H,102,113)(H,103,124)(H,104,128)(H,105,129)(H,106,125)(H,107,127)(H,108,126)/b17-15-/t57-,58-,59-,60-,61+,69-,70-,71-,72-,73-,74-,75-,85-,92+,93-/m0/s1. The van der Waals surface area contributed by atoms with Crippen molar-refractivity contribution in [3.8, 4) is 5.75 Å². The zero-order valence-electron chi connectivity index (χ0n) is 76.8. The third-order valence-corrected chi connectivity index (χ3v) is 23.1. The Labute approximate surface area is 756 Å². The van der Waals surface area contributed by atoms with Crippen LogP contribution in [0.25, 0.3) is 10.9 Å². The molecule has 1 aliphatic heterocycles. The molecule has 15 atom stereocenters. The van der Waals surface area contributed by atoms with Crippen molar-refractivity contribution in [1.29, 1.82) is 0 Å². The normalized spacial score (nSPS) is 22.8. The highest BCUT2D eigenvalue weighted by Crippen LogP contribution is 2.24. The topological polar surface area (TPSA) is 570 Å². The van der Waals surface area contributed by atoms with Gasteiger partial charge in [0.05, 0.1) is 106 Å². The van der Waals surface area contributed by atoms with Gasteiger partial charge in [0.15, 0.2) is 46.3 Å². The smallest absolute Gasteiger partial charge is 0.246 e. The van der Waals surface area contributed by atoms with Crippen molar-refractivity contribution >= 4 is 104 Å². The van der Waals surface area contributed by atoms with Gasteiger partial charge in [0.1, 0.15) is 35.5 Å². The number of ketones is 8. The van der Waals surface area contributed by atoms with Gasteiger partial charge in [0, 0.05) is 56.3 Å². The highest BCUT2D eigenvalue weighted by Gasteiger charge is 2.42.